The maximum absolute atomic E-state index is 8.67. The van der Waals surface area contributed by atoms with E-state index >= 15 is 0 Å². The lowest BCUT2D eigenvalue weighted by atomic mass is 10.2. The molecule has 0 bridgehead atoms. The Morgan fingerprint density at radius 2 is 1.77 bits per heavy atom. The summed E-state index contributed by atoms with van der Waals surface area (Å²) in [4.78, 5) is 0. The zero-order valence-corrected chi connectivity index (χ0v) is 15.0. The van der Waals surface area contributed by atoms with Gasteiger partial charge in [-0.15, -0.1) is 0 Å². The van der Waals surface area contributed by atoms with Gasteiger partial charge in [0.15, 0.2) is 11.5 Å². The topological polar surface area (TPSA) is 62.8 Å². The van der Waals surface area contributed by atoms with E-state index in [0.717, 1.165) is 47.6 Å². The molecule has 0 aliphatic rings. The standard InChI is InChI=1S/C16H27BrN2O3/c1-3-21-15-11-13(10-14(17)16(15)22-4-2)12-19-7-5-6-18-8-9-20/h10-11,18-20H,3-9,12H2,1-2H3. The van der Waals surface area contributed by atoms with Gasteiger partial charge in [0.25, 0.3) is 0 Å². The van der Waals surface area contributed by atoms with Gasteiger partial charge in [0.2, 0.25) is 0 Å². The second-order valence-electron chi connectivity index (χ2n) is 4.77. The molecule has 6 heteroatoms. The normalized spacial score (nSPS) is 10.7. The minimum atomic E-state index is 0.188. The summed E-state index contributed by atoms with van der Waals surface area (Å²) in [5, 5.41) is 15.2. The molecule has 22 heavy (non-hydrogen) atoms. The van der Waals surface area contributed by atoms with Crippen molar-refractivity contribution in [3.63, 3.8) is 0 Å². The maximum atomic E-state index is 8.67. The Bertz CT molecular complexity index is 430. The molecule has 0 unspecified atom stereocenters. The average molecular weight is 375 g/mol. The molecule has 0 fully saturated rings. The van der Waals surface area contributed by atoms with Gasteiger partial charge in [-0.2, -0.15) is 0 Å². The van der Waals surface area contributed by atoms with Gasteiger partial charge in [-0.25, -0.2) is 0 Å². The molecule has 0 spiro atoms. The lowest BCUT2D eigenvalue weighted by molar-refractivity contribution is 0.286. The molecule has 1 aromatic rings. The van der Waals surface area contributed by atoms with Crippen molar-refractivity contribution in [3.05, 3.63) is 22.2 Å². The van der Waals surface area contributed by atoms with Crippen molar-refractivity contribution in [2.75, 3.05) is 39.5 Å². The number of ether oxygens (including phenoxy) is 2. The van der Waals surface area contributed by atoms with Crippen LogP contribution >= 0.6 is 15.9 Å². The largest absolute Gasteiger partial charge is 0.490 e. The third-order valence-corrected chi connectivity index (χ3v) is 3.57. The first kappa shape index (κ1) is 19.2. The zero-order valence-electron chi connectivity index (χ0n) is 13.5. The molecule has 3 N–H and O–H groups in total. The van der Waals surface area contributed by atoms with Gasteiger partial charge in [-0.05, 0) is 67.0 Å². The van der Waals surface area contributed by atoms with E-state index in [2.05, 4.69) is 32.6 Å². The molecular formula is C16H27BrN2O3. The molecule has 0 aliphatic heterocycles. The lowest BCUT2D eigenvalue weighted by Crippen LogP contribution is -2.23. The highest BCUT2D eigenvalue weighted by Gasteiger charge is 2.11. The number of hydrogen-bond acceptors (Lipinski definition) is 5. The quantitative estimate of drug-likeness (QED) is 0.490. The van der Waals surface area contributed by atoms with Crippen LogP contribution in [0.25, 0.3) is 0 Å². The van der Waals surface area contributed by atoms with Crippen molar-refractivity contribution >= 4 is 15.9 Å². The minimum absolute atomic E-state index is 0.188. The van der Waals surface area contributed by atoms with Crippen LogP contribution in [0.5, 0.6) is 11.5 Å². The van der Waals surface area contributed by atoms with Gasteiger partial charge in [0, 0.05) is 13.1 Å². The first-order valence-electron chi connectivity index (χ1n) is 7.83. The Hall–Kier alpha value is -0.820. The smallest absolute Gasteiger partial charge is 0.175 e. The van der Waals surface area contributed by atoms with E-state index in [1.54, 1.807) is 0 Å². The molecule has 0 radical (unpaired) electrons. The van der Waals surface area contributed by atoms with Crippen LogP contribution < -0.4 is 20.1 Å². The van der Waals surface area contributed by atoms with Crippen LogP contribution in [0.1, 0.15) is 25.8 Å². The number of hydrogen-bond donors (Lipinski definition) is 3. The van der Waals surface area contributed by atoms with Gasteiger partial charge in [-0.1, -0.05) is 0 Å². The summed E-state index contributed by atoms with van der Waals surface area (Å²) in [6.45, 7) is 8.61. The second kappa shape index (κ2) is 11.7. The summed E-state index contributed by atoms with van der Waals surface area (Å²) >= 11 is 3.55. The first-order chi connectivity index (χ1) is 10.7. The average Bonchev–Trinajstić information content (AvgIpc) is 2.50. The fourth-order valence-electron chi connectivity index (χ4n) is 2.05. The van der Waals surface area contributed by atoms with Crippen molar-refractivity contribution < 1.29 is 14.6 Å². The van der Waals surface area contributed by atoms with Gasteiger partial charge in [0.05, 0.1) is 24.3 Å². The Morgan fingerprint density at radius 1 is 1.05 bits per heavy atom. The molecule has 0 aliphatic carbocycles. The molecule has 0 amide bonds. The van der Waals surface area contributed by atoms with E-state index in [9.17, 15) is 0 Å². The Kier molecular flexibility index (Phi) is 10.2. The van der Waals surface area contributed by atoms with Crippen LogP contribution in [-0.2, 0) is 6.54 Å². The third kappa shape index (κ3) is 6.96. The van der Waals surface area contributed by atoms with Crippen molar-refractivity contribution in [3.8, 4) is 11.5 Å². The third-order valence-electron chi connectivity index (χ3n) is 2.98. The van der Waals surface area contributed by atoms with Crippen LogP contribution in [0, 0.1) is 0 Å². The van der Waals surface area contributed by atoms with E-state index in [-0.39, 0.29) is 6.61 Å². The zero-order chi connectivity index (χ0) is 16.2. The van der Waals surface area contributed by atoms with E-state index < -0.39 is 0 Å². The maximum Gasteiger partial charge on any atom is 0.175 e. The van der Waals surface area contributed by atoms with Gasteiger partial charge in [0.1, 0.15) is 0 Å². The van der Waals surface area contributed by atoms with Crippen LogP contribution in [0.4, 0.5) is 0 Å². The number of rotatable bonds is 12. The van der Waals surface area contributed by atoms with Gasteiger partial charge >= 0.3 is 0 Å². The molecule has 5 nitrogen and oxygen atoms in total. The van der Waals surface area contributed by atoms with E-state index in [4.69, 9.17) is 14.6 Å². The van der Waals surface area contributed by atoms with E-state index in [1.165, 1.54) is 0 Å². The molecular weight excluding hydrogens is 348 g/mol. The summed E-state index contributed by atoms with van der Waals surface area (Å²) in [5.74, 6) is 1.54. The number of aliphatic hydroxyl groups excluding tert-OH is 1. The van der Waals surface area contributed by atoms with Crippen LogP contribution in [-0.4, -0.2) is 44.6 Å². The first-order valence-corrected chi connectivity index (χ1v) is 8.62. The monoisotopic (exact) mass is 374 g/mol. The van der Waals surface area contributed by atoms with Crippen molar-refractivity contribution in [2.45, 2.75) is 26.8 Å². The predicted molar refractivity (Wildman–Crippen MR) is 92.8 cm³/mol. The Balaban J connectivity index is 2.49. The predicted octanol–water partition coefficient (Wildman–Crippen LogP) is 2.31. The molecule has 1 aromatic carbocycles. The molecule has 1 rings (SSSR count). The van der Waals surface area contributed by atoms with Crippen molar-refractivity contribution in [1.29, 1.82) is 0 Å². The lowest BCUT2D eigenvalue weighted by Gasteiger charge is -2.15. The highest BCUT2D eigenvalue weighted by molar-refractivity contribution is 9.10. The van der Waals surface area contributed by atoms with Gasteiger partial charge in [-0.3, -0.25) is 0 Å². The van der Waals surface area contributed by atoms with Crippen molar-refractivity contribution in [2.24, 2.45) is 0 Å². The number of nitrogens with one attached hydrogen (secondary N) is 2. The molecule has 0 saturated carbocycles. The summed E-state index contributed by atoms with van der Waals surface area (Å²) in [6.07, 6.45) is 1.02. The second-order valence-corrected chi connectivity index (χ2v) is 5.63. The number of halogens is 1. The molecule has 0 atom stereocenters. The van der Waals surface area contributed by atoms with Gasteiger partial charge < -0.3 is 25.2 Å². The highest BCUT2D eigenvalue weighted by atomic mass is 79.9. The molecule has 0 heterocycles. The fourth-order valence-corrected chi connectivity index (χ4v) is 2.65. The molecule has 126 valence electrons. The summed E-state index contributed by atoms with van der Waals surface area (Å²) in [5.41, 5.74) is 1.15. The summed E-state index contributed by atoms with van der Waals surface area (Å²) < 4.78 is 12.2. The van der Waals surface area contributed by atoms with Crippen molar-refractivity contribution in [1.82, 2.24) is 10.6 Å². The van der Waals surface area contributed by atoms with Crippen LogP contribution in [0.15, 0.2) is 16.6 Å². The van der Waals surface area contributed by atoms with E-state index in [0.29, 0.717) is 19.8 Å². The Labute approximate surface area is 141 Å². The number of aliphatic hydroxyl groups is 1. The highest BCUT2D eigenvalue weighted by Crippen LogP contribution is 2.36. The molecule has 0 aromatic heterocycles. The van der Waals surface area contributed by atoms with Crippen LogP contribution in [0.2, 0.25) is 0 Å². The van der Waals surface area contributed by atoms with Crippen LogP contribution in [0.3, 0.4) is 0 Å². The minimum Gasteiger partial charge on any atom is -0.490 e. The number of benzene rings is 1. The summed E-state index contributed by atoms with van der Waals surface area (Å²) in [7, 11) is 0. The summed E-state index contributed by atoms with van der Waals surface area (Å²) in [6, 6.07) is 4.08. The fraction of sp³-hybridized carbons (Fsp3) is 0.625. The van der Waals surface area contributed by atoms with E-state index in [1.807, 2.05) is 19.9 Å². The Morgan fingerprint density at radius 3 is 2.45 bits per heavy atom. The SMILES string of the molecule is CCOc1cc(CNCCCNCCO)cc(Br)c1OCC. The molecule has 0 saturated heterocycles.